The monoisotopic (exact) mass is 368 g/mol. The summed E-state index contributed by atoms with van der Waals surface area (Å²) in [6, 6.07) is 10.2. The molecule has 0 amide bonds. The fourth-order valence-electron chi connectivity index (χ4n) is 2.49. The van der Waals surface area contributed by atoms with Crippen molar-refractivity contribution in [3.63, 3.8) is 0 Å². The van der Waals surface area contributed by atoms with E-state index >= 15 is 0 Å². The van der Waals surface area contributed by atoms with Gasteiger partial charge in [-0.1, -0.05) is 0 Å². The molecule has 0 bridgehead atoms. The quantitative estimate of drug-likeness (QED) is 0.802. The van der Waals surface area contributed by atoms with Crippen molar-refractivity contribution >= 4 is 5.69 Å². The van der Waals surface area contributed by atoms with Gasteiger partial charge in [0.15, 0.2) is 0 Å². The molecule has 2 aromatic rings. The van der Waals surface area contributed by atoms with Crippen LogP contribution in [0.25, 0.3) is 0 Å². The van der Waals surface area contributed by atoms with Crippen molar-refractivity contribution in [1.29, 1.82) is 0 Å². The van der Waals surface area contributed by atoms with E-state index in [0.717, 1.165) is 23.4 Å². The van der Waals surface area contributed by atoms with E-state index in [-0.39, 0.29) is 6.61 Å². The highest BCUT2D eigenvalue weighted by Crippen LogP contribution is 2.33. The molecule has 0 saturated carbocycles. The van der Waals surface area contributed by atoms with Gasteiger partial charge in [0, 0.05) is 31.4 Å². The number of ether oxygens (including phenoxy) is 1. The highest BCUT2D eigenvalue weighted by molar-refractivity contribution is 5.53. The second-order valence-electron chi connectivity index (χ2n) is 6.30. The van der Waals surface area contributed by atoms with Crippen LogP contribution >= 0.6 is 0 Å². The van der Waals surface area contributed by atoms with E-state index in [1.807, 2.05) is 43.1 Å². The van der Waals surface area contributed by atoms with Crippen molar-refractivity contribution < 1.29 is 23.0 Å². The van der Waals surface area contributed by atoms with Crippen LogP contribution in [-0.4, -0.2) is 44.3 Å². The van der Waals surface area contributed by atoms with Crippen LogP contribution in [0.5, 0.6) is 11.5 Å². The third-order valence-corrected chi connectivity index (χ3v) is 3.82. The molecule has 142 valence electrons. The standard InChI is InChI=1S/C19H23F3N2O2/c1-23(2)13-14-12-16(24(3)10-11-25)6-9-18(14)26-17-7-4-15(5-8-17)19(20,21)22/h4-9,12,25H,10-11,13H2,1-3H3. The number of nitrogens with zero attached hydrogens (tertiary/aromatic N) is 2. The van der Waals surface area contributed by atoms with Gasteiger partial charge in [-0.15, -0.1) is 0 Å². The summed E-state index contributed by atoms with van der Waals surface area (Å²) in [7, 11) is 5.72. The van der Waals surface area contributed by atoms with Gasteiger partial charge in [-0.25, -0.2) is 0 Å². The first-order chi connectivity index (χ1) is 12.2. The molecule has 0 saturated heterocycles. The molecular formula is C19H23F3N2O2. The Morgan fingerprint density at radius 2 is 1.65 bits per heavy atom. The predicted octanol–water partition coefficient (Wildman–Crippen LogP) is 3.99. The van der Waals surface area contributed by atoms with Gasteiger partial charge in [-0.3, -0.25) is 0 Å². The van der Waals surface area contributed by atoms with Gasteiger partial charge < -0.3 is 19.6 Å². The van der Waals surface area contributed by atoms with Crippen molar-refractivity contribution in [1.82, 2.24) is 4.90 Å². The average Bonchev–Trinajstić information content (AvgIpc) is 2.56. The Morgan fingerprint density at radius 3 is 2.19 bits per heavy atom. The fraction of sp³-hybridized carbons (Fsp3) is 0.368. The average molecular weight is 368 g/mol. The summed E-state index contributed by atoms with van der Waals surface area (Å²) in [5, 5.41) is 9.09. The summed E-state index contributed by atoms with van der Waals surface area (Å²) in [5.41, 5.74) is 1.12. The number of likely N-dealkylation sites (N-methyl/N-ethyl adjacent to an activating group) is 1. The Morgan fingerprint density at radius 1 is 1.00 bits per heavy atom. The van der Waals surface area contributed by atoms with Gasteiger partial charge in [0.1, 0.15) is 11.5 Å². The van der Waals surface area contributed by atoms with Crippen molar-refractivity contribution in [3.8, 4) is 11.5 Å². The smallest absolute Gasteiger partial charge is 0.416 e. The fourth-order valence-corrected chi connectivity index (χ4v) is 2.49. The molecule has 0 radical (unpaired) electrons. The summed E-state index contributed by atoms with van der Waals surface area (Å²) in [6.45, 7) is 1.15. The lowest BCUT2D eigenvalue weighted by atomic mass is 10.1. The lowest BCUT2D eigenvalue weighted by Gasteiger charge is -2.21. The number of benzene rings is 2. The van der Waals surface area contributed by atoms with Crippen LogP contribution in [0.1, 0.15) is 11.1 Å². The number of alkyl halides is 3. The first kappa shape index (κ1) is 20.1. The van der Waals surface area contributed by atoms with Crippen molar-refractivity contribution in [2.45, 2.75) is 12.7 Å². The molecule has 2 rings (SSSR count). The largest absolute Gasteiger partial charge is 0.457 e. The number of halogens is 3. The van der Waals surface area contributed by atoms with Gasteiger partial charge in [-0.05, 0) is 56.6 Å². The number of aliphatic hydroxyl groups is 1. The van der Waals surface area contributed by atoms with E-state index in [4.69, 9.17) is 9.84 Å². The molecule has 0 spiro atoms. The maximum Gasteiger partial charge on any atom is 0.416 e. The zero-order valence-corrected chi connectivity index (χ0v) is 15.0. The molecule has 1 N–H and O–H groups in total. The van der Waals surface area contributed by atoms with Crippen LogP contribution in [0.3, 0.4) is 0 Å². The summed E-state index contributed by atoms with van der Waals surface area (Å²) in [6.07, 6.45) is -4.37. The second kappa shape index (κ2) is 8.42. The van der Waals surface area contributed by atoms with E-state index < -0.39 is 11.7 Å². The van der Waals surface area contributed by atoms with Gasteiger partial charge >= 0.3 is 6.18 Å². The molecule has 0 atom stereocenters. The van der Waals surface area contributed by atoms with Crippen molar-refractivity contribution in [3.05, 3.63) is 53.6 Å². The number of rotatable bonds is 7. The lowest BCUT2D eigenvalue weighted by molar-refractivity contribution is -0.137. The Labute approximate surface area is 151 Å². The number of hydrogen-bond donors (Lipinski definition) is 1. The van der Waals surface area contributed by atoms with Gasteiger partial charge in [0.25, 0.3) is 0 Å². The topological polar surface area (TPSA) is 35.9 Å². The molecule has 0 fully saturated rings. The molecule has 0 aliphatic rings. The van der Waals surface area contributed by atoms with Crippen molar-refractivity contribution in [2.75, 3.05) is 39.2 Å². The van der Waals surface area contributed by atoms with Gasteiger partial charge in [-0.2, -0.15) is 13.2 Å². The highest BCUT2D eigenvalue weighted by atomic mass is 19.4. The molecule has 2 aromatic carbocycles. The minimum Gasteiger partial charge on any atom is -0.457 e. The van der Waals surface area contributed by atoms with Crippen LogP contribution in [0.2, 0.25) is 0 Å². The van der Waals surface area contributed by atoms with E-state index in [1.54, 1.807) is 6.07 Å². The molecule has 0 heterocycles. The molecule has 0 unspecified atom stereocenters. The van der Waals surface area contributed by atoms with E-state index in [9.17, 15) is 13.2 Å². The minimum atomic E-state index is -4.37. The van der Waals surface area contributed by atoms with E-state index in [0.29, 0.717) is 24.6 Å². The van der Waals surface area contributed by atoms with Crippen LogP contribution in [-0.2, 0) is 12.7 Å². The van der Waals surface area contributed by atoms with Crippen LogP contribution in [0.15, 0.2) is 42.5 Å². The Bertz CT molecular complexity index is 716. The normalized spacial score (nSPS) is 11.7. The third kappa shape index (κ3) is 5.37. The Balaban J connectivity index is 2.27. The summed E-state index contributed by atoms with van der Waals surface area (Å²) >= 11 is 0. The lowest BCUT2D eigenvalue weighted by Crippen LogP contribution is -2.21. The molecule has 26 heavy (non-hydrogen) atoms. The van der Waals surface area contributed by atoms with Crippen LogP contribution in [0.4, 0.5) is 18.9 Å². The Kier molecular flexibility index (Phi) is 6.50. The molecule has 0 aliphatic heterocycles. The zero-order valence-electron chi connectivity index (χ0n) is 15.0. The number of anilines is 1. The predicted molar refractivity (Wildman–Crippen MR) is 95.7 cm³/mol. The molecule has 4 nitrogen and oxygen atoms in total. The summed E-state index contributed by atoms with van der Waals surface area (Å²) < 4.78 is 43.8. The van der Waals surface area contributed by atoms with E-state index in [1.165, 1.54) is 12.1 Å². The molecule has 0 aliphatic carbocycles. The maximum absolute atomic E-state index is 12.7. The summed E-state index contributed by atoms with van der Waals surface area (Å²) in [5.74, 6) is 0.925. The third-order valence-electron chi connectivity index (χ3n) is 3.82. The van der Waals surface area contributed by atoms with Crippen molar-refractivity contribution in [2.24, 2.45) is 0 Å². The van der Waals surface area contributed by atoms with Gasteiger partial charge in [0.2, 0.25) is 0 Å². The molecular weight excluding hydrogens is 345 g/mol. The number of aliphatic hydroxyl groups excluding tert-OH is 1. The zero-order chi connectivity index (χ0) is 19.3. The van der Waals surface area contributed by atoms with E-state index in [2.05, 4.69) is 0 Å². The Hall–Kier alpha value is -2.25. The first-order valence-electron chi connectivity index (χ1n) is 8.15. The second-order valence-corrected chi connectivity index (χ2v) is 6.30. The molecule has 7 heteroatoms. The maximum atomic E-state index is 12.7. The first-order valence-corrected chi connectivity index (χ1v) is 8.15. The van der Waals surface area contributed by atoms with Crippen LogP contribution in [0, 0.1) is 0 Å². The van der Waals surface area contributed by atoms with Crippen LogP contribution < -0.4 is 9.64 Å². The summed E-state index contributed by atoms with van der Waals surface area (Å²) in [4.78, 5) is 3.89. The van der Waals surface area contributed by atoms with Gasteiger partial charge in [0.05, 0.1) is 12.2 Å². The molecule has 0 aromatic heterocycles. The number of hydrogen-bond acceptors (Lipinski definition) is 4. The SMILES string of the molecule is CN(C)Cc1cc(N(C)CCO)ccc1Oc1ccc(C(F)(F)F)cc1. The minimum absolute atomic E-state index is 0.0450. The highest BCUT2D eigenvalue weighted by Gasteiger charge is 2.30.